The van der Waals surface area contributed by atoms with E-state index >= 15 is 0 Å². The Hall–Kier alpha value is -3.47. The van der Waals surface area contributed by atoms with Crippen LogP contribution in [0.4, 0.5) is 5.69 Å². The second kappa shape index (κ2) is 7.41. The molecule has 1 aliphatic carbocycles. The third-order valence-electron chi connectivity index (χ3n) is 5.67. The molecule has 0 aliphatic heterocycles. The maximum Gasteiger partial charge on any atom is 0.256 e. The highest BCUT2D eigenvalue weighted by atomic mass is 16.1. The molecule has 0 atom stereocenters. The molecule has 1 aliphatic rings. The third kappa shape index (κ3) is 3.36. The molecule has 2 aromatic carbocycles. The van der Waals surface area contributed by atoms with Crippen LogP contribution in [-0.4, -0.2) is 20.7 Å². The average molecular weight is 396 g/mol. The fourth-order valence-corrected chi connectivity index (χ4v) is 3.89. The van der Waals surface area contributed by atoms with Crippen LogP contribution in [0.5, 0.6) is 0 Å². The Balaban J connectivity index is 1.63. The number of carbonyl (C=O) groups excluding carboxylic acids is 1. The quantitative estimate of drug-likeness (QED) is 0.490. The molecule has 2 heterocycles. The molecule has 30 heavy (non-hydrogen) atoms. The number of rotatable bonds is 5. The van der Waals surface area contributed by atoms with Gasteiger partial charge >= 0.3 is 0 Å². The van der Waals surface area contributed by atoms with Crippen LogP contribution in [-0.2, 0) is 6.42 Å². The fourth-order valence-electron chi connectivity index (χ4n) is 3.89. The number of carbonyl (C=O) groups is 1. The number of hydrogen-bond donors (Lipinski definition) is 1. The van der Waals surface area contributed by atoms with E-state index in [1.54, 1.807) is 0 Å². The van der Waals surface area contributed by atoms with Gasteiger partial charge in [-0.15, -0.1) is 0 Å². The molecule has 5 heteroatoms. The minimum atomic E-state index is -0.117. The van der Waals surface area contributed by atoms with Crippen LogP contribution in [0.15, 0.2) is 60.7 Å². The maximum absolute atomic E-state index is 13.3. The molecule has 1 N–H and O–H groups in total. The van der Waals surface area contributed by atoms with Crippen LogP contribution in [0.25, 0.3) is 16.7 Å². The van der Waals surface area contributed by atoms with Gasteiger partial charge in [0.1, 0.15) is 0 Å². The maximum atomic E-state index is 13.3. The number of anilines is 1. The number of aromatic nitrogens is 3. The van der Waals surface area contributed by atoms with E-state index in [9.17, 15) is 4.79 Å². The monoisotopic (exact) mass is 396 g/mol. The molecule has 0 bridgehead atoms. The molecule has 0 spiro atoms. The van der Waals surface area contributed by atoms with Gasteiger partial charge in [0, 0.05) is 17.3 Å². The van der Waals surface area contributed by atoms with Crippen molar-refractivity contribution in [1.29, 1.82) is 0 Å². The molecule has 4 aromatic rings. The highest BCUT2D eigenvalue weighted by Crippen LogP contribution is 2.40. The van der Waals surface area contributed by atoms with Crippen LogP contribution in [0.3, 0.4) is 0 Å². The zero-order valence-electron chi connectivity index (χ0n) is 17.2. The summed E-state index contributed by atoms with van der Waals surface area (Å²) < 4.78 is 1.85. The number of nitrogens with one attached hydrogen (secondary N) is 1. The average Bonchev–Trinajstić information content (AvgIpc) is 3.57. The summed E-state index contributed by atoms with van der Waals surface area (Å²) >= 11 is 0. The van der Waals surface area contributed by atoms with Crippen LogP contribution < -0.4 is 5.32 Å². The summed E-state index contributed by atoms with van der Waals surface area (Å²) in [7, 11) is 0. The van der Waals surface area contributed by atoms with Crippen molar-refractivity contribution in [3.05, 3.63) is 83.2 Å². The first kappa shape index (κ1) is 18.6. The van der Waals surface area contributed by atoms with Crippen molar-refractivity contribution in [3.63, 3.8) is 0 Å². The molecule has 0 radical (unpaired) electrons. The van der Waals surface area contributed by atoms with Gasteiger partial charge in [0.2, 0.25) is 0 Å². The molecule has 1 fully saturated rings. The molecular weight excluding hydrogens is 372 g/mol. The summed E-state index contributed by atoms with van der Waals surface area (Å²) in [5.74, 6) is 0.317. The lowest BCUT2D eigenvalue weighted by atomic mass is 10.1. The molecule has 0 saturated heterocycles. The number of aryl methyl sites for hydroxylation is 2. The molecule has 1 saturated carbocycles. The summed E-state index contributed by atoms with van der Waals surface area (Å²) in [6, 6.07) is 19.9. The first-order chi connectivity index (χ1) is 14.6. The summed E-state index contributed by atoms with van der Waals surface area (Å²) in [6.07, 6.45) is 3.17. The van der Waals surface area contributed by atoms with Crippen LogP contribution >= 0.6 is 0 Å². The third-order valence-corrected chi connectivity index (χ3v) is 5.67. The molecule has 0 unspecified atom stereocenters. The van der Waals surface area contributed by atoms with Crippen LogP contribution in [0, 0.1) is 6.92 Å². The van der Waals surface area contributed by atoms with Gasteiger partial charge in [0.25, 0.3) is 5.91 Å². The standard InChI is InChI=1S/C25H24N4O/c1-3-17-8-7-9-19(14-17)26-25(30)21-15-22(18-12-13-18)27-24-23(21)16(2)28-29(24)20-10-5-4-6-11-20/h4-11,14-15,18H,3,12-13H2,1-2H3,(H,26,30). The van der Waals surface area contributed by atoms with E-state index in [-0.39, 0.29) is 5.91 Å². The van der Waals surface area contributed by atoms with E-state index in [0.717, 1.165) is 53.1 Å². The van der Waals surface area contributed by atoms with Crippen molar-refractivity contribution in [3.8, 4) is 5.69 Å². The molecule has 1 amide bonds. The van der Waals surface area contributed by atoms with E-state index in [4.69, 9.17) is 10.1 Å². The highest BCUT2D eigenvalue weighted by Gasteiger charge is 2.29. The lowest BCUT2D eigenvalue weighted by molar-refractivity contribution is 0.102. The minimum absolute atomic E-state index is 0.117. The van der Waals surface area contributed by atoms with Gasteiger partial charge in [0.05, 0.1) is 22.3 Å². The van der Waals surface area contributed by atoms with E-state index < -0.39 is 0 Å². The van der Waals surface area contributed by atoms with Crippen molar-refractivity contribution in [2.45, 2.75) is 39.0 Å². The van der Waals surface area contributed by atoms with Crippen LogP contribution in [0.2, 0.25) is 0 Å². The highest BCUT2D eigenvalue weighted by molar-refractivity contribution is 6.12. The first-order valence-electron chi connectivity index (χ1n) is 10.5. The molecule has 2 aromatic heterocycles. The SMILES string of the molecule is CCc1cccc(NC(=O)c2cc(C3CC3)nc3c2c(C)nn3-c2ccccc2)c1. The number of nitrogens with zero attached hydrogens (tertiary/aromatic N) is 3. The molecule has 5 rings (SSSR count). The largest absolute Gasteiger partial charge is 0.322 e. The molecule has 150 valence electrons. The number of pyridine rings is 1. The Morgan fingerprint density at radius 3 is 2.63 bits per heavy atom. The van der Waals surface area contributed by atoms with Crippen molar-refractivity contribution < 1.29 is 4.79 Å². The zero-order chi connectivity index (χ0) is 20.7. The predicted molar refractivity (Wildman–Crippen MR) is 119 cm³/mol. The number of para-hydroxylation sites is 1. The van der Waals surface area contributed by atoms with Gasteiger partial charge in [0.15, 0.2) is 5.65 Å². The van der Waals surface area contributed by atoms with Gasteiger partial charge in [-0.05, 0) is 62.1 Å². The number of amides is 1. The molecular formula is C25H24N4O. The summed E-state index contributed by atoms with van der Waals surface area (Å²) in [5, 5.41) is 8.63. The topological polar surface area (TPSA) is 59.8 Å². The number of hydrogen-bond acceptors (Lipinski definition) is 3. The second-order valence-corrected chi connectivity index (χ2v) is 7.91. The van der Waals surface area contributed by atoms with Crippen molar-refractivity contribution in [1.82, 2.24) is 14.8 Å². The Bertz CT molecular complexity index is 1240. The lowest BCUT2D eigenvalue weighted by Gasteiger charge is -2.10. The van der Waals surface area contributed by atoms with Gasteiger partial charge in [-0.25, -0.2) is 9.67 Å². The van der Waals surface area contributed by atoms with Gasteiger partial charge in [-0.2, -0.15) is 5.10 Å². The van der Waals surface area contributed by atoms with Gasteiger partial charge in [-0.1, -0.05) is 37.3 Å². The van der Waals surface area contributed by atoms with Crippen molar-refractivity contribution in [2.24, 2.45) is 0 Å². The van der Waals surface area contributed by atoms with E-state index in [2.05, 4.69) is 18.3 Å². The number of fused-ring (bicyclic) bond motifs is 1. The fraction of sp³-hybridized carbons (Fsp3) is 0.240. The Morgan fingerprint density at radius 2 is 1.90 bits per heavy atom. The minimum Gasteiger partial charge on any atom is -0.322 e. The molecule has 5 nitrogen and oxygen atoms in total. The van der Waals surface area contributed by atoms with Crippen LogP contribution in [0.1, 0.15) is 53.0 Å². The summed E-state index contributed by atoms with van der Waals surface area (Å²) in [4.78, 5) is 18.3. The normalized spacial score (nSPS) is 13.5. The zero-order valence-corrected chi connectivity index (χ0v) is 17.2. The van der Waals surface area contributed by atoms with Gasteiger partial charge in [-0.3, -0.25) is 4.79 Å². The summed E-state index contributed by atoms with van der Waals surface area (Å²) in [5.41, 5.74) is 6.12. The van der Waals surface area contributed by atoms with E-state index in [1.807, 2.05) is 66.2 Å². The Labute approximate surface area is 175 Å². The predicted octanol–water partition coefficient (Wildman–Crippen LogP) is 5.42. The Morgan fingerprint density at radius 1 is 1.10 bits per heavy atom. The van der Waals surface area contributed by atoms with E-state index in [1.165, 1.54) is 5.56 Å². The lowest BCUT2D eigenvalue weighted by Crippen LogP contribution is -2.14. The second-order valence-electron chi connectivity index (χ2n) is 7.91. The van der Waals surface area contributed by atoms with Gasteiger partial charge < -0.3 is 5.32 Å². The smallest absolute Gasteiger partial charge is 0.256 e. The van der Waals surface area contributed by atoms with Crippen molar-refractivity contribution in [2.75, 3.05) is 5.32 Å². The Kier molecular flexibility index (Phi) is 4.58. The van der Waals surface area contributed by atoms with Crippen molar-refractivity contribution >= 4 is 22.6 Å². The summed E-state index contributed by atoms with van der Waals surface area (Å²) in [6.45, 7) is 4.05. The van der Waals surface area contributed by atoms with E-state index in [0.29, 0.717) is 11.5 Å². The first-order valence-corrected chi connectivity index (χ1v) is 10.5. The number of benzene rings is 2.